The molecule has 0 N–H and O–H groups in total. The molecule has 66 valence electrons. The molecule has 2 aromatic heterocycles. The lowest BCUT2D eigenvalue weighted by atomic mass is 10.2. The topological polar surface area (TPSA) is 48.0 Å². The van der Waals surface area contributed by atoms with Crippen LogP contribution in [-0.4, -0.2) is 15.6 Å². The number of nitrogens with zero attached hydrogens (tertiary/aromatic N) is 2. The van der Waals surface area contributed by atoms with E-state index in [-0.39, 0.29) is 5.78 Å². The molecule has 0 spiro atoms. The molecule has 0 amide bonds. The number of hydrogen-bond donors (Lipinski definition) is 0. The summed E-state index contributed by atoms with van der Waals surface area (Å²) in [5.41, 5.74) is 0.523. The maximum absolute atomic E-state index is 11.6. The molecule has 0 aliphatic carbocycles. The highest BCUT2D eigenvalue weighted by molar-refractivity contribution is 6.05. The van der Waals surface area contributed by atoms with Crippen LogP contribution in [0.3, 0.4) is 0 Å². The summed E-state index contributed by atoms with van der Waals surface area (Å²) in [7, 11) is 1.72. The number of aromatic nitrogens is 2. The highest BCUT2D eigenvalue weighted by Gasteiger charge is 2.14. The van der Waals surface area contributed by atoms with Crippen LogP contribution in [0.1, 0.15) is 16.2 Å². The molecule has 0 radical (unpaired) electrons. The van der Waals surface area contributed by atoms with Gasteiger partial charge >= 0.3 is 0 Å². The van der Waals surface area contributed by atoms with Gasteiger partial charge in [-0.25, -0.2) is 0 Å². The van der Waals surface area contributed by atoms with Crippen LogP contribution in [0.15, 0.2) is 35.1 Å². The van der Waals surface area contributed by atoms with Crippen molar-refractivity contribution in [2.45, 2.75) is 0 Å². The summed E-state index contributed by atoms with van der Waals surface area (Å²) in [5.74, 6) is 0.189. The summed E-state index contributed by atoms with van der Waals surface area (Å²) in [4.78, 5) is 11.6. The number of carbonyl (C=O) groups excluding carboxylic acids is 1. The van der Waals surface area contributed by atoms with Gasteiger partial charge in [-0.3, -0.25) is 9.48 Å². The van der Waals surface area contributed by atoms with Gasteiger partial charge in [0.15, 0.2) is 5.76 Å². The van der Waals surface area contributed by atoms with Crippen LogP contribution in [-0.2, 0) is 7.05 Å². The van der Waals surface area contributed by atoms with Crippen molar-refractivity contribution in [2.75, 3.05) is 0 Å². The SMILES string of the molecule is Cn1nccc1C(=O)c1ccco1. The standard InChI is InChI=1S/C9H8N2O2/c1-11-7(4-5-10-11)9(12)8-3-2-6-13-8/h2-6H,1H3. The van der Waals surface area contributed by atoms with Gasteiger partial charge < -0.3 is 4.42 Å². The van der Waals surface area contributed by atoms with Crippen molar-refractivity contribution in [1.82, 2.24) is 9.78 Å². The van der Waals surface area contributed by atoms with E-state index in [9.17, 15) is 4.79 Å². The Morgan fingerprint density at radius 3 is 2.92 bits per heavy atom. The Hall–Kier alpha value is -1.84. The quantitative estimate of drug-likeness (QED) is 0.647. The van der Waals surface area contributed by atoms with Crippen LogP contribution in [0.5, 0.6) is 0 Å². The molecule has 2 heterocycles. The molecule has 0 fully saturated rings. The second kappa shape index (κ2) is 2.90. The van der Waals surface area contributed by atoms with Gasteiger partial charge in [0.2, 0.25) is 5.78 Å². The number of carbonyl (C=O) groups is 1. The largest absolute Gasteiger partial charge is 0.461 e. The zero-order valence-electron chi connectivity index (χ0n) is 7.10. The first-order valence-electron chi connectivity index (χ1n) is 3.85. The van der Waals surface area contributed by atoms with Gasteiger partial charge in [-0.2, -0.15) is 5.10 Å². The summed E-state index contributed by atoms with van der Waals surface area (Å²) >= 11 is 0. The van der Waals surface area contributed by atoms with Crippen LogP contribution in [0.25, 0.3) is 0 Å². The molecule has 0 aliphatic heterocycles. The van der Waals surface area contributed by atoms with Gasteiger partial charge in [-0.15, -0.1) is 0 Å². The van der Waals surface area contributed by atoms with Crippen molar-refractivity contribution >= 4 is 5.78 Å². The number of rotatable bonds is 2. The van der Waals surface area contributed by atoms with Crippen molar-refractivity contribution in [3.05, 3.63) is 42.1 Å². The molecule has 0 unspecified atom stereocenters. The second-order valence-corrected chi connectivity index (χ2v) is 2.65. The zero-order valence-corrected chi connectivity index (χ0v) is 7.10. The fourth-order valence-electron chi connectivity index (χ4n) is 1.13. The van der Waals surface area contributed by atoms with E-state index >= 15 is 0 Å². The highest BCUT2D eigenvalue weighted by atomic mass is 16.3. The predicted molar refractivity (Wildman–Crippen MR) is 45.3 cm³/mol. The predicted octanol–water partition coefficient (Wildman–Crippen LogP) is 1.24. The van der Waals surface area contributed by atoms with Crippen molar-refractivity contribution in [3.63, 3.8) is 0 Å². The lowest BCUT2D eigenvalue weighted by molar-refractivity contribution is 0.100. The first-order valence-corrected chi connectivity index (χ1v) is 3.85. The van der Waals surface area contributed by atoms with Gasteiger partial charge in [0.1, 0.15) is 5.69 Å². The molecule has 0 aliphatic rings. The van der Waals surface area contributed by atoms with Gasteiger partial charge in [0.25, 0.3) is 0 Å². The Morgan fingerprint density at radius 1 is 1.54 bits per heavy atom. The molecule has 0 atom stereocenters. The number of aryl methyl sites for hydroxylation is 1. The Bertz CT molecular complexity index is 415. The van der Waals surface area contributed by atoms with Gasteiger partial charge in [-0.05, 0) is 18.2 Å². The van der Waals surface area contributed by atoms with E-state index in [1.165, 1.54) is 10.9 Å². The molecular weight excluding hydrogens is 168 g/mol. The molecule has 4 heteroatoms. The summed E-state index contributed by atoms with van der Waals surface area (Å²) in [5, 5.41) is 3.90. The molecule has 2 aromatic rings. The van der Waals surface area contributed by atoms with E-state index in [1.807, 2.05) is 0 Å². The average molecular weight is 176 g/mol. The van der Waals surface area contributed by atoms with Crippen LogP contribution in [0.4, 0.5) is 0 Å². The monoisotopic (exact) mass is 176 g/mol. The van der Waals surface area contributed by atoms with Crippen molar-refractivity contribution < 1.29 is 9.21 Å². The lowest BCUT2D eigenvalue weighted by Gasteiger charge is -1.96. The Labute approximate surface area is 74.8 Å². The first kappa shape index (κ1) is 7.79. The summed E-state index contributed by atoms with van der Waals surface area (Å²) < 4.78 is 6.50. The molecule has 0 bridgehead atoms. The van der Waals surface area contributed by atoms with Gasteiger partial charge in [0, 0.05) is 13.2 Å². The van der Waals surface area contributed by atoms with Gasteiger partial charge in [0.05, 0.1) is 6.26 Å². The number of ketones is 1. The molecule has 4 nitrogen and oxygen atoms in total. The minimum atomic E-state index is -0.148. The van der Waals surface area contributed by atoms with E-state index in [2.05, 4.69) is 5.10 Å². The number of furan rings is 1. The zero-order chi connectivity index (χ0) is 9.26. The fourth-order valence-corrected chi connectivity index (χ4v) is 1.13. The maximum Gasteiger partial charge on any atom is 0.246 e. The summed E-state index contributed by atoms with van der Waals surface area (Å²) in [6.07, 6.45) is 3.06. The third kappa shape index (κ3) is 1.26. The molecule has 0 saturated heterocycles. The van der Waals surface area contributed by atoms with E-state index in [1.54, 1.807) is 31.4 Å². The van der Waals surface area contributed by atoms with Crippen LogP contribution < -0.4 is 0 Å². The highest BCUT2D eigenvalue weighted by Crippen LogP contribution is 2.08. The van der Waals surface area contributed by atoms with E-state index in [4.69, 9.17) is 4.42 Å². The van der Waals surface area contributed by atoms with Gasteiger partial charge in [-0.1, -0.05) is 0 Å². The maximum atomic E-state index is 11.6. The summed E-state index contributed by atoms with van der Waals surface area (Å²) in [6.45, 7) is 0. The Kier molecular flexibility index (Phi) is 1.73. The Morgan fingerprint density at radius 2 is 2.38 bits per heavy atom. The molecule has 0 aromatic carbocycles. The second-order valence-electron chi connectivity index (χ2n) is 2.65. The van der Waals surface area contributed by atoms with Crippen LogP contribution in [0.2, 0.25) is 0 Å². The molecule has 0 saturated carbocycles. The first-order chi connectivity index (χ1) is 6.29. The van der Waals surface area contributed by atoms with Crippen LogP contribution in [0, 0.1) is 0 Å². The van der Waals surface area contributed by atoms with Crippen LogP contribution >= 0.6 is 0 Å². The Balaban J connectivity index is 2.39. The molecular formula is C9H8N2O2. The fraction of sp³-hybridized carbons (Fsp3) is 0.111. The lowest BCUT2D eigenvalue weighted by Crippen LogP contribution is -2.06. The molecule has 13 heavy (non-hydrogen) atoms. The van der Waals surface area contributed by atoms with E-state index in [0.717, 1.165) is 0 Å². The third-order valence-electron chi connectivity index (χ3n) is 1.80. The van der Waals surface area contributed by atoms with E-state index < -0.39 is 0 Å². The summed E-state index contributed by atoms with van der Waals surface area (Å²) in [6, 6.07) is 4.98. The smallest absolute Gasteiger partial charge is 0.246 e. The average Bonchev–Trinajstić information content (AvgIpc) is 2.72. The normalized spacial score (nSPS) is 10.2. The molecule has 2 rings (SSSR count). The number of hydrogen-bond acceptors (Lipinski definition) is 3. The van der Waals surface area contributed by atoms with Crippen molar-refractivity contribution in [3.8, 4) is 0 Å². The van der Waals surface area contributed by atoms with E-state index in [0.29, 0.717) is 11.5 Å². The minimum absolute atomic E-state index is 0.148. The minimum Gasteiger partial charge on any atom is -0.461 e. The third-order valence-corrected chi connectivity index (χ3v) is 1.80. The van der Waals surface area contributed by atoms with Crippen molar-refractivity contribution in [2.24, 2.45) is 7.05 Å². The van der Waals surface area contributed by atoms with Crippen molar-refractivity contribution in [1.29, 1.82) is 0 Å².